The summed E-state index contributed by atoms with van der Waals surface area (Å²) in [6, 6.07) is 6.62. The van der Waals surface area contributed by atoms with Crippen molar-refractivity contribution in [3.05, 3.63) is 35.6 Å². The number of ether oxygens (including phenoxy) is 1. The monoisotopic (exact) mass is 351 g/mol. The first-order valence-electron chi connectivity index (χ1n) is 8.80. The van der Waals surface area contributed by atoms with Crippen LogP contribution in [0.1, 0.15) is 32.3 Å². The van der Waals surface area contributed by atoms with Crippen molar-refractivity contribution in [2.24, 2.45) is 10.4 Å². The van der Waals surface area contributed by atoms with E-state index in [-0.39, 0.29) is 23.3 Å². The number of guanidine groups is 1. The van der Waals surface area contributed by atoms with E-state index in [0.29, 0.717) is 19.7 Å². The molecule has 1 fully saturated rings. The minimum absolute atomic E-state index is 0.0289. The molecule has 1 aromatic carbocycles. The number of aliphatic hydroxyl groups is 1. The van der Waals surface area contributed by atoms with Gasteiger partial charge in [-0.25, -0.2) is 4.39 Å². The van der Waals surface area contributed by atoms with E-state index in [4.69, 9.17) is 4.74 Å². The topological polar surface area (TPSA) is 65.9 Å². The molecule has 140 valence electrons. The summed E-state index contributed by atoms with van der Waals surface area (Å²) in [5, 5.41) is 16.0. The molecule has 1 unspecified atom stereocenters. The summed E-state index contributed by atoms with van der Waals surface area (Å²) in [6.45, 7) is 7.17. The molecule has 3 N–H and O–H groups in total. The molecule has 1 aliphatic heterocycles. The number of nitrogens with one attached hydrogen (secondary N) is 2. The van der Waals surface area contributed by atoms with Crippen molar-refractivity contribution in [3.63, 3.8) is 0 Å². The van der Waals surface area contributed by atoms with Crippen LogP contribution in [-0.2, 0) is 10.2 Å². The van der Waals surface area contributed by atoms with Gasteiger partial charge in [-0.3, -0.25) is 4.99 Å². The van der Waals surface area contributed by atoms with Gasteiger partial charge in [-0.15, -0.1) is 0 Å². The number of halogens is 1. The van der Waals surface area contributed by atoms with E-state index in [0.717, 1.165) is 31.0 Å². The van der Waals surface area contributed by atoms with Crippen molar-refractivity contribution in [2.75, 3.05) is 40.0 Å². The summed E-state index contributed by atoms with van der Waals surface area (Å²) in [5.41, 5.74) is 0.876. The van der Waals surface area contributed by atoms with Gasteiger partial charge < -0.3 is 20.5 Å². The second kappa shape index (κ2) is 8.63. The van der Waals surface area contributed by atoms with E-state index in [1.54, 1.807) is 7.05 Å². The third kappa shape index (κ3) is 5.41. The quantitative estimate of drug-likeness (QED) is 0.520. The molecule has 1 aromatic rings. The largest absolute Gasteiger partial charge is 0.396 e. The first kappa shape index (κ1) is 19.7. The van der Waals surface area contributed by atoms with E-state index >= 15 is 0 Å². The number of aliphatic imine (C=N–C) groups is 1. The normalized spacial score (nSPS) is 21.4. The minimum atomic E-state index is -0.224. The van der Waals surface area contributed by atoms with Gasteiger partial charge in [-0.05, 0) is 30.5 Å². The van der Waals surface area contributed by atoms with Gasteiger partial charge in [0, 0.05) is 44.2 Å². The molecule has 0 aromatic heterocycles. The highest BCUT2D eigenvalue weighted by molar-refractivity contribution is 5.79. The predicted molar refractivity (Wildman–Crippen MR) is 98.4 cm³/mol. The fourth-order valence-electron chi connectivity index (χ4n) is 3.11. The number of aliphatic hydroxyl groups excluding tert-OH is 1. The molecule has 1 atom stereocenters. The van der Waals surface area contributed by atoms with Crippen LogP contribution in [0.15, 0.2) is 29.3 Å². The van der Waals surface area contributed by atoms with Gasteiger partial charge in [0.2, 0.25) is 0 Å². The molecule has 0 spiro atoms. The zero-order chi connectivity index (χ0) is 18.3. The third-order valence-corrected chi connectivity index (χ3v) is 5.01. The van der Waals surface area contributed by atoms with E-state index < -0.39 is 0 Å². The lowest BCUT2D eigenvalue weighted by molar-refractivity contribution is 0.127. The summed E-state index contributed by atoms with van der Waals surface area (Å²) in [6.07, 6.45) is 1.66. The number of nitrogens with zero attached hydrogens (tertiary/aromatic N) is 1. The SMILES string of the molecule is CN=C(NCC1(CCO)CCOC1)NCC(C)(C)c1ccc(F)cc1. The maximum atomic E-state index is 13.1. The first-order chi connectivity index (χ1) is 11.9. The fraction of sp³-hybridized carbons (Fsp3) is 0.632. The van der Waals surface area contributed by atoms with Crippen molar-refractivity contribution in [3.8, 4) is 0 Å². The van der Waals surface area contributed by atoms with Crippen molar-refractivity contribution >= 4 is 5.96 Å². The first-order valence-corrected chi connectivity index (χ1v) is 8.80. The second-order valence-corrected chi connectivity index (χ2v) is 7.45. The van der Waals surface area contributed by atoms with Crippen LogP contribution in [0.2, 0.25) is 0 Å². The Kier molecular flexibility index (Phi) is 6.79. The van der Waals surface area contributed by atoms with Crippen molar-refractivity contribution < 1.29 is 14.2 Å². The highest BCUT2D eigenvalue weighted by atomic mass is 19.1. The van der Waals surface area contributed by atoms with Gasteiger partial charge in [-0.2, -0.15) is 0 Å². The Labute approximate surface area is 149 Å². The van der Waals surface area contributed by atoms with Gasteiger partial charge in [0.25, 0.3) is 0 Å². The molecular weight excluding hydrogens is 321 g/mol. The Morgan fingerprint density at radius 2 is 2.04 bits per heavy atom. The van der Waals surface area contributed by atoms with Crippen LogP contribution in [-0.4, -0.2) is 51.0 Å². The molecule has 0 bridgehead atoms. The lowest BCUT2D eigenvalue weighted by atomic mass is 9.84. The average molecular weight is 351 g/mol. The van der Waals surface area contributed by atoms with E-state index in [1.807, 2.05) is 12.1 Å². The summed E-state index contributed by atoms with van der Waals surface area (Å²) >= 11 is 0. The highest BCUT2D eigenvalue weighted by Gasteiger charge is 2.34. The number of hydrogen-bond donors (Lipinski definition) is 3. The summed E-state index contributed by atoms with van der Waals surface area (Å²) in [5.74, 6) is 0.498. The molecule has 1 heterocycles. The van der Waals surface area contributed by atoms with Crippen molar-refractivity contribution in [1.82, 2.24) is 10.6 Å². The van der Waals surface area contributed by atoms with Crippen LogP contribution in [0.25, 0.3) is 0 Å². The fourth-order valence-corrected chi connectivity index (χ4v) is 3.11. The minimum Gasteiger partial charge on any atom is -0.396 e. The highest BCUT2D eigenvalue weighted by Crippen LogP contribution is 2.31. The second-order valence-electron chi connectivity index (χ2n) is 7.45. The Bertz CT molecular complexity index is 567. The average Bonchev–Trinajstić information content (AvgIpc) is 3.04. The third-order valence-electron chi connectivity index (χ3n) is 5.01. The Morgan fingerprint density at radius 3 is 2.60 bits per heavy atom. The molecule has 1 saturated heterocycles. The van der Waals surface area contributed by atoms with Gasteiger partial charge in [-0.1, -0.05) is 26.0 Å². The van der Waals surface area contributed by atoms with Gasteiger partial charge in [0.05, 0.1) is 6.61 Å². The van der Waals surface area contributed by atoms with Gasteiger partial charge in [0.1, 0.15) is 5.82 Å². The zero-order valence-corrected chi connectivity index (χ0v) is 15.4. The Morgan fingerprint density at radius 1 is 1.32 bits per heavy atom. The number of benzene rings is 1. The Balaban J connectivity index is 1.90. The van der Waals surface area contributed by atoms with Crippen LogP contribution in [0, 0.1) is 11.2 Å². The molecule has 6 heteroatoms. The van der Waals surface area contributed by atoms with E-state index in [2.05, 4.69) is 29.5 Å². The van der Waals surface area contributed by atoms with Crippen molar-refractivity contribution in [1.29, 1.82) is 0 Å². The molecule has 0 amide bonds. The summed E-state index contributed by atoms with van der Waals surface area (Å²) in [7, 11) is 1.74. The van der Waals surface area contributed by atoms with Gasteiger partial charge in [0.15, 0.2) is 5.96 Å². The zero-order valence-electron chi connectivity index (χ0n) is 15.4. The maximum Gasteiger partial charge on any atom is 0.191 e. The number of rotatable bonds is 7. The van der Waals surface area contributed by atoms with Crippen LogP contribution in [0.4, 0.5) is 4.39 Å². The standard InChI is InChI=1S/C19H30FN3O2/c1-18(2,15-4-6-16(20)7-5-15)12-22-17(21-3)23-13-19(8-10-24)9-11-25-14-19/h4-7,24H,8-14H2,1-3H3,(H2,21,22,23). The molecule has 2 rings (SSSR count). The molecule has 25 heavy (non-hydrogen) atoms. The number of hydrogen-bond acceptors (Lipinski definition) is 3. The van der Waals surface area contributed by atoms with Crippen LogP contribution < -0.4 is 10.6 Å². The molecule has 0 saturated carbocycles. The van der Waals surface area contributed by atoms with Gasteiger partial charge >= 0.3 is 0 Å². The van der Waals surface area contributed by atoms with Crippen LogP contribution in [0.5, 0.6) is 0 Å². The Hall–Kier alpha value is -1.66. The smallest absolute Gasteiger partial charge is 0.191 e. The lowest BCUT2D eigenvalue weighted by Crippen LogP contribution is -2.47. The lowest BCUT2D eigenvalue weighted by Gasteiger charge is -2.30. The van der Waals surface area contributed by atoms with E-state index in [1.165, 1.54) is 12.1 Å². The maximum absolute atomic E-state index is 13.1. The predicted octanol–water partition coefficient (Wildman–Crippen LogP) is 2.06. The molecular formula is C19H30FN3O2. The molecule has 1 aliphatic rings. The molecule has 5 nitrogen and oxygen atoms in total. The molecule has 0 radical (unpaired) electrons. The van der Waals surface area contributed by atoms with E-state index in [9.17, 15) is 9.50 Å². The van der Waals surface area contributed by atoms with Crippen LogP contribution >= 0.6 is 0 Å². The summed E-state index contributed by atoms with van der Waals surface area (Å²) in [4.78, 5) is 4.28. The van der Waals surface area contributed by atoms with Crippen LogP contribution in [0.3, 0.4) is 0 Å². The molecule has 0 aliphatic carbocycles. The van der Waals surface area contributed by atoms with Crippen molar-refractivity contribution in [2.45, 2.75) is 32.1 Å². The summed E-state index contributed by atoms with van der Waals surface area (Å²) < 4.78 is 18.6.